The molecule has 0 radical (unpaired) electrons. The van der Waals surface area contributed by atoms with Gasteiger partial charge in [-0.15, -0.1) is 0 Å². The number of nitrogens with one attached hydrogen (secondary N) is 1. The van der Waals surface area contributed by atoms with Gasteiger partial charge < -0.3 is 5.32 Å². The minimum absolute atomic E-state index is 0.994. The van der Waals surface area contributed by atoms with Crippen LogP contribution in [0.25, 0.3) is 0 Å². The van der Waals surface area contributed by atoms with E-state index >= 15 is 0 Å². The minimum atomic E-state index is 0.994. The van der Waals surface area contributed by atoms with Gasteiger partial charge in [0.25, 0.3) is 0 Å². The molecule has 0 saturated carbocycles. The molecule has 2 rings (SSSR count). The maximum atomic E-state index is 4.74. The zero-order valence-electron chi connectivity index (χ0n) is 13.1. The molecular formula is C19H22N2. The van der Waals surface area contributed by atoms with Gasteiger partial charge in [0.15, 0.2) is 0 Å². The minimum Gasteiger partial charge on any atom is -0.359 e. The number of para-hydroxylation sites is 2. The highest BCUT2D eigenvalue weighted by Gasteiger charge is 2.00. The molecule has 108 valence electrons. The lowest BCUT2D eigenvalue weighted by Gasteiger charge is -2.07. The molecule has 2 aromatic rings. The van der Waals surface area contributed by atoms with Gasteiger partial charge in [-0.25, -0.2) is 0 Å². The van der Waals surface area contributed by atoms with E-state index in [1.54, 1.807) is 0 Å². The van der Waals surface area contributed by atoms with Gasteiger partial charge in [-0.05, 0) is 57.0 Å². The number of aliphatic imine (C=N–C) groups is 1. The van der Waals surface area contributed by atoms with Crippen LogP contribution in [0, 0.1) is 13.8 Å². The molecule has 0 aliphatic heterocycles. The molecule has 0 bridgehead atoms. The van der Waals surface area contributed by atoms with Crippen LogP contribution < -0.4 is 5.32 Å². The van der Waals surface area contributed by atoms with Gasteiger partial charge in [-0.3, -0.25) is 4.99 Å². The fourth-order valence-corrected chi connectivity index (χ4v) is 2.29. The lowest BCUT2D eigenvalue weighted by molar-refractivity contribution is 1.32. The first-order valence-corrected chi connectivity index (χ1v) is 7.18. The van der Waals surface area contributed by atoms with E-state index in [0.717, 1.165) is 22.8 Å². The van der Waals surface area contributed by atoms with Crippen LogP contribution in [-0.2, 0) is 0 Å². The number of allylic oxidation sites excluding steroid dienone is 2. The summed E-state index contributed by atoms with van der Waals surface area (Å²) in [4.78, 5) is 4.74. The summed E-state index contributed by atoms with van der Waals surface area (Å²) in [5, 5.41) is 3.37. The smallest absolute Gasteiger partial charge is 0.0691 e. The van der Waals surface area contributed by atoms with E-state index in [0.29, 0.717) is 0 Å². The van der Waals surface area contributed by atoms with Gasteiger partial charge in [0.1, 0.15) is 0 Å². The standard InChI is InChI=1S/C19H22N2/c1-14-9-8-10-15(2)19(14)21-17(4)13-16(3)20-18-11-6-5-7-12-18/h5-13,20H,1-4H3/b16-13-,21-17?. The third-order valence-corrected chi connectivity index (χ3v) is 3.27. The van der Waals surface area contributed by atoms with E-state index in [1.807, 2.05) is 25.1 Å². The normalized spacial score (nSPS) is 12.4. The SMILES string of the molecule is CC(/C=C(/C)Nc1ccccc1)=Nc1c(C)cccc1C. The number of benzene rings is 2. The summed E-state index contributed by atoms with van der Waals surface area (Å²) in [6, 6.07) is 16.4. The van der Waals surface area contributed by atoms with Crippen molar-refractivity contribution in [1.29, 1.82) is 0 Å². The molecule has 0 spiro atoms. The largest absolute Gasteiger partial charge is 0.359 e. The van der Waals surface area contributed by atoms with E-state index < -0.39 is 0 Å². The Balaban J connectivity index is 2.18. The van der Waals surface area contributed by atoms with Gasteiger partial charge >= 0.3 is 0 Å². The van der Waals surface area contributed by atoms with Crippen LogP contribution in [0.5, 0.6) is 0 Å². The second-order valence-electron chi connectivity index (χ2n) is 5.31. The van der Waals surface area contributed by atoms with Crippen molar-refractivity contribution >= 4 is 17.1 Å². The topological polar surface area (TPSA) is 24.4 Å². The Morgan fingerprint density at radius 1 is 0.905 bits per heavy atom. The third kappa shape index (κ3) is 4.32. The first-order chi connectivity index (χ1) is 10.1. The molecule has 0 atom stereocenters. The highest BCUT2D eigenvalue weighted by molar-refractivity contribution is 5.96. The number of anilines is 1. The second-order valence-corrected chi connectivity index (χ2v) is 5.31. The van der Waals surface area contributed by atoms with Crippen LogP contribution in [0.3, 0.4) is 0 Å². The average molecular weight is 278 g/mol. The van der Waals surface area contributed by atoms with Crippen molar-refractivity contribution in [1.82, 2.24) is 0 Å². The Hall–Kier alpha value is -2.35. The molecule has 21 heavy (non-hydrogen) atoms. The van der Waals surface area contributed by atoms with Crippen molar-refractivity contribution in [2.75, 3.05) is 5.32 Å². The lowest BCUT2D eigenvalue weighted by Crippen LogP contribution is -1.98. The molecule has 0 heterocycles. The first kappa shape index (κ1) is 15.0. The van der Waals surface area contributed by atoms with Crippen LogP contribution in [0.4, 0.5) is 11.4 Å². The van der Waals surface area contributed by atoms with Crippen molar-refractivity contribution in [3.63, 3.8) is 0 Å². The van der Waals surface area contributed by atoms with E-state index in [1.165, 1.54) is 11.1 Å². The highest BCUT2D eigenvalue weighted by Crippen LogP contribution is 2.23. The fourth-order valence-electron chi connectivity index (χ4n) is 2.29. The fraction of sp³-hybridized carbons (Fsp3) is 0.211. The molecule has 0 aromatic heterocycles. The van der Waals surface area contributed by atoms with Gasteiger partial charge in [0, 0.05) is 17.1 Å². The summed E-state index contributed by atoms with van der Waals surface area (Å²) < 4.78 is 0. The van der Waals surface area contributed by atoms with Gasteiger partial charge in [0.2, 0.25) is 0 Å². The Kier molecular flexibility index (Phi) is 4.94. The zero-order valence-corrected chi connectivity index (χ0v) is 13.1. The molecule has 0 unspecified atom stereocenters. The lowest BCUT2D eigenvalue weighted by atomic mass is 10.1. The summed E-state index contributed by atoms with van der Waals surface area (Å²) in [7, 11) is 0. The molecular weight excluding hydrogens is 256 g/mol. The number of hydrogen-bond donors (Lipinski definition) is 1. The summed E-state index contributed by atoms with van der Waals surface area (Å²) in [6.45, 7) is 8.27. The molecule has 2 nitrogen and oxygen atoms in total. The Labute approximate surface area is 127 Å². The molecule has 0 fully saturated rings. The number of rotatable bonds is 4. The van der Waals surface area contributed by atoms with Crippen molar-refractivity contribution in [2.24, 2.45) is 4.99 Å². The van der Waals surface area contributed by atoms with Crippen LogP contribution in [0.1, 0.15) is 25.0 Å². The number of aryl methyl sites for hydroxylation is 2. The van der Waals surface area contributed by atoms with Crippen molar-refractivity contribution in [3.8, 4) is 0 Å². The maximum Gasteiger partial charge on any atom is 0.0691 e. The Bertz CT molecular complexity index is 647. The van der Waals surface area contributed by atoms with Gasteiger partial charge in [-0.2, -0.15) is 0 Å². The first-order valence-electron chi connectivity index (χ1n) is 7.18. The van der Waals surface area contributed by atoms with Crippen LogP contribution >= 0.6 is 0 Å². The number of hydrogen-bond acceptors (Lipinski definition) is 2. The second kappa shape index (κ2) is 6.89. The summed E-state index contributed by atoms with van der Waals surface area (Å²) in [5.41, 5.74) is 6.64. The summed E-state index contributed by atoms with van der Waals surface area (Å²) >= 11 is 0. The molecule has 0 amide bonds. The molecule has 1 N–H and O–H groups in total. The quantitative estimate of drug-likeness (QED) is 0.743. The summed E-state index contributed by atoms with van der Waals surface area (Å²) in [5.74, 6) is 0. The maximum absolute atomic E-state index is 4.74. The van der Waals surface area contributed by atoms with E-state index in [4.69, 9.17) is 4.99 Å². The van der Waals surface area contributed by atoms with E-state index in [-0.39, 0.29) is 0 Å². The monoisotopic (exact) mass is 278 g/mol. The Morgan fingerprint density at radius 2 is 1.52 bits per heavy atom. The van der Waals surface area contributed by atoms with Crippen molar-refractivity contribution in [3.05, 3.63) is 71.4 Å². The molecule has 0 aliphatic rings. The third-order valence-electron chi connectivity index (χ3n) is 3.27. The van der Waals surface area contributed by atoms with Crippen LogP contribution in [-0.4, -0.2) is 5.71 Å². The molecule has 2 heteroatoms. The highest BCUT2D eigenvalue weighted by atomic mass is 14.9. The molecule has 0 aliphatic carbocycles. The van der Waals surface area contributed by atoms with Crippen molar-refractivity contribution < 1.29 is 0 Å². The predicted molar refractivity (Wildman–Crippen MR) is 92.5 cm³/mol. The molecule has 0 saturated heterocycles. The molecule has 2 aromatic carbocycles. The van der Waals surface area contributed by atoms with Crippen LogP contribution in [0.2, 0.25) is 0 Å². The number of nitrogens with zero attached hydrogens (tertiary/aromatic N) is 1. The van der Waals surface area contributed by atoms with Crippen molar-refractivity contribution in [2.45, 2.75) is 27.7 Å². The van der Waals surface area contributed by atoms with Crippen LogP contribution in [0.15, 0.2) is 65.3 Å². The average Bonchev–Trinajstić information content (AvgIpc) is 2.44. The Morgan fingerprint density at radius 3 is 2.14 bits per heavy atom. The zero-order chi connectivity index (χ0) is 15.2. The van der Waals surface area contributed by atoms with E-state index in [2.05, 4.69) is 62.5 Å². The van der Waals surface area contributed by atoms with Gasteiger partial charge in [0.05, 0.1) is 5.69 Å². The predicted octanol–water partition coefficient (Wildman–Crippen LogP) is 5.41. The van der Waals surface area contributed by atoms with Gasteiger partial charge in [-0.1, -0.05) is 36.4 Å². The summed E-state index contributed by atoms with van der Waals surface area (Å²) in [6.07, 6.45) is 2.07. The van der Waals surface area contributed by atoms with E-state index in [9.17, 15) is 0 Å².